The molecule has 0 spiro atoms. The summed E-state index contributed by atoms with van der Waals surface area (Å²) in [6, 6.07) is 18.9. The Hall–Kier alpha value is -3.41. The number of nitrogens with zero attached hydrogens (tertiary/aromatic N) is 3. The van der Waals surface area contributed by atoms with Crippen LogP contribution in [0.1, 0.15) is 5.56 Å². The van der Waals surface area contributed by atoms with Crippen molar-refractivity contribution >= 4 is 11.9 Å². The number of methoxy groups -OCH3 is 2. The van der Waals surface area contributed by atoms with E-state index < -0.39 is 0 Å². The molecule has 0 bridgehead atoms. The van der Waals surface area contributed by atoms with Crippen LogP contribution in [0.2, 0.25) is 0 Å². The second kappa shape index (κ2) is 7.92. The average molecular weight is 335 g/mol. The van der Waals surface area contributed by atoms with Gasteiger partial charge in [-0.05, 0) is 24.3 Å². The van der Waals surface area contributed by atoms with E-state index in [2.05, 4.69) is 15.0 Å². The lowest BCUT2D eigenvalue weighted by Crippen LogP contribution is -1.99. The van der Waals surface area contributed by atoms with Gasteiger partial charge in [0.05, 0.1) is 26.0 Å². The Morgan fingerprint density at radius 1 is 0.840 bits per heavy atom. The third kappa shape index (κ3) is 4.32. The van der Waals surface area contributed by atoms with E-state index in [4.69, 9.17) is 14.2 Å². The van der Waals surface area contributed by atoms with Gasteiger partial charge in [-0.15, -0.1) is 0 Å². The van der Waals surface area contributed by atoms with E-state index in [-0.39, 0.29) is 6.01 Å². The highest BCUT2D eigenvalue weighted by molar-refractivity contribution is 5.85. The quantitative estimate of drug-likeness (QED) is 0.636. The van der Waals surface area contributed by atoms with Crippen LogP contribution in [0, 0.1) is 0 Å². The largest absolute Gasteiger partial charge is 0.481 e. The van der Waals surface area contributed by atoms with Crippen molar-refractivity contribution in [2.24, 2.45) is 4.99 Å². The van der Waals surface area contributed by atoms with Crippen molar-refractivity contribution < 1.29 is 14.2 Å². The van der Waals surface area contributed by atoms with Crippen molar-refractivity contribution in [2.75, 3.05) is 14.2 Å². The van der Waals surface area contributed by atoms with Crippen molar-refractivity contribution in [1.82, 2.24) is 9.97 Å². The summed E-state index contributed by atoms with van der Waals surface area (Å²) in [6.45, 7) is 0. The molecule has 2 aromatic carbocycles. The van der Waals surface area contributed by atoms with Crippen LogP contribution < -0.4 is 14.2 Å². The predicted octanol–water partition coefficient (Wildman–Crippen LogP) is 4.04. The van der Waals surface area contributed by atoms with Gasteiger partial charge < -0.3 is 14.2 Å². The third-order valence-electron chi connectivity index (χ3n) is 3.31. The summed E-state index contributed by atoms with van der Waals surface area (Å²) in [4.78, 5) is 12.8. The van der Waals surface area contributed by atoms with Crippen LogP contribution in [-0.2, 0) is 0 Å². The fraction of sp³-hybridized carbons (Fsp3) is 0.105. The van der Waals surface area contributed by atoms with E-state index in [9.17, 15) is 0 Å². The SMILES string of the molecule is COc1cc(OC)nc(Oc2ccccc2/C=N/c2ccccc2)n1. The molecule has 0 aliphatic rings. The first-order valence-electron chi connectivity index (χ1n) is 7.61. The van der Waals surface area contributed by atoms with E-state index in [0.29, 0.717) is 17.5 Å². The van der Waals surface area contributed by atoms with Crippen molar-refractivity contribution in [3.05, 3.63) is 66.2 Å². The van der Waals surface area contributed by atoms with Crippen LogP contribution in [0.3, 0.4) is 0 Å². The molecule has 3 aromatic rings. The normalized spacial score (nSPS) is 10.6. The standard InChI is InChI=1S/C19H17N3O3/c1-23-17-12-18(24-2)22-19(21-17)25-16-11-7-6-8-14(16)13-20-15-9-4-3-5-10-15/h3-13H,1-2H3/b20-13+. The van der Waals surface area contributed by atoms with Crippen molar-refractivity contribution in [3.8, 4) is 23.5 Å². The summed E-state index contributed by atoms with van der Waals surface area (Å²) >= 11 is 0. The van der Waals surface area contributed by atoms with Crippen LogP contribution in [0.4, 0.5) is 5.69 Å². The summed E-state index contributed by atoms with van der Waals surface area (Å²) in [6.07, 6.45) is 1.74. The summed E-state index contributed by atoms with van der Waals surface area (Å²) in [5.74, 6) is 1.30. The first kappa shape index (κ1) is 16.4. The maximum absolute atomic E-state index is 5.81. The van der Waals surface area contributed by atoms with Crippen LogP contribution in [0.25, 0.3) is 0 Å². The van der Waals surface area contributed by atoms with Gasteiger partial charge in [-0.1, -0.05) is 30.3 Å². The molecule has 0 fully saturated rings. The molecule has 0 N–H and O–H groups in total. The molecule has 3 rings (SSSR count). The van der Waals surface area contributed by atoms with Crippen LogP contribution in [0.15, 0.2) is 65.7 Å². The summed E-state index contributed by atoms with van der Waals surface area (Å²) in [5.41, 5.74) is 1.66. The number of aliphatic imine (C=N–C) groups is 1. The van der Waals surface area contributed by atoms with Gasteiger partial charge in [-0.2, -0.15) is 9.97 Å². The molecule has 126 valence electrons. The molecular weight excluding hydrogens is 318 g/mol. The number of ether oxygens (including phenoxy) is 3. The Balaban J connectivity index is 1.88. The van der Waals surface area contributed by atoms with Gasteiger partial charge >= 0.3 is 6.01 Å². The highest BCUT2D eigenvalue weighted by atomic mass is 16.5. The van der Waals surface area contributed by atoms with E-state index in [1.54, 1.807) is 12.3 Å². The van der Waals surface area contributed by atoms with Gasteiger partial charge in [0, 0.05) is 11.8 Å². The third-order valence-corrected chi connectivity index (χ3v) is 3.31. The van der Waals surface area contributed by atoms with Crippen molar-refractivity contribution in [1.29, 1.82) is 0 Å². The molecule has 25 heavy (non-hydrogen) atoms. The molecule has 0 aliphatic carbocycles. The minimum Gasteiger partial charge on any atom is -0.481 e. The molecule has 0 unspecified atom stereocenters. The lowest BCUT2D eigenvalue weighted by Gasteiger charge is -2.09. The summed E-state index contributed by atoms with van der Waals surface area (Å²) < 4.78 is 16.1. The van der Waals surface area contributed by atoms with Crippen molar-refractivity contribution in [3.63, 3.8) is 0 Å². The number of para-hydroxylation sites is 2. The minimum atomic E-state index is 0.136. The van der Waals surface area contributed by atoms with Gasteiger partial charge in [0.1, 0.15) is 5.75 Å². The fourth-order valence-electron chi connectivity index (χ4n) is 2.08. The molecular formula is C19H17N3O3. The van der Waals surface area contributed by atoms with E-state index >= 15 is 0 Å². The molecule has 0 amide bonds. The molecule has 6 nitrogen and oxygen atoms in total. The first-order valence-corrected chi connectivity index (χ1v) is 7.61. The zero-order valence-corrected chi connectivity index (χ0v) is 13.9. The lowest BCUT2D eigenvalue weighted by molar-refractivity contribution is 0.348. The molecule has 6 heteroatoms. The average Bonchev–Trinajstić information content (AvgIpc) is 2.67. The molecule has 0 radical (unpaired) electrons. The van der Waals surface area contributed by atoms with E-state index in [0.717, 1.165) is 11.3 Å². The van der Waals surface area contributed by atoms with Gasteiger partial charge in [0.25, 0.3) is 0 Å². The zero-order valence-electron chi connectivity index (χ0n) is 13.9. The molecule has 1 heterocycles. The van der Waals surface area contributed by atoms with E-state index in [1.165, 1.54) is 14.2 Å². The van der Waals surface area contributed by atoms with Crippen molar-refractivity contribution in [2.45, 2.75) is 0 Å². The second-order valence-corrected chi connectivity index (χ2v) is 4.97. The smallest absolute Gasteiger partial charge is 0.328 e. The summed E-state index contributed by atoms with van der Waals surface area (Å²) in [5, 5.41) is 0. The molecule has 0 atom stereocenters. The maximum atomic E-state index is 5.81. The second-order valence-electron chi connectivity index (χ2n) is 4.97. The summed E-state index contributed by atoms with van der Waals surface area (Å²) in [7, 11) is 3.04. The lowest BCUT2D eigenvalue weighted by atomic mass is 10.2. The Labute approximate surface area is 145 Å². The Kier molecular flexibility index (Phi) is 5.21. The van der Waals surface area contributed by atoms with Gasteiger partial charge in [0.15, 0.2) is 0 Å². The predicted molar refractivity (Wildman–Crippen MR) is 95.3 cm³/mol. The van der Waals surface area contributed by atoms with Gasteiger partial charge in [-0.3, -0.25) is 4.99 Å². The topological polar surface area (TPSA) is 65.8 Å². The number of aromatic nitrogens is 2. The monoisotopic (exact) mass is 335 g/mol. The van der Waals surface area contributed by atoms with Gasteiger partial charge in [-0.25, -0.2) is 0 Å². The van der Waals surface area contributed by atoms with Crippen LogP contribution in [0.5, 0.6) is 23.5 Å². The number of rotatable bonds is 6. The maximum Gasteiger partial charge on any atom is 0.328 e. The zero-order chi connectivity index (χ0) is 17.5. The minimum absolute atomic E-state index is 0.136. The molecule has 0 aliphatic heterocycles. The van der Waals surface area contributed by atoms with Gasteiger partial charge in [0.2, 0.25) is 11.8 Å². The highest BCUT2D eigenvalue weighted by Crippen LogP contribution is 2.26. The van der Waals surface area contributed by atoms with Crippen LogP contribution >= 0.6 is 0 Å². The number of hydrogen-bond donors (Lipinski definition) is 0. The molecule has 1 aromatic heterocycles. The molecule has 0 saturated carbocycles. The van der Waals surface area contributed by atoms with Crippen LogP contribution in [-0.4, -0.2) is 30.4 Å². The number of hydrogen-bond acceptors (Lipinski definition) is 6. The molecule has 0 saturated heterocycles. The highest BCUT2D eigenvalue weighted by Gasteiger charge is 2.09. The Morgan fingerprint density at radius 2 is 1.48 bits per heavy atom. The first-order chi connectivity index (χ1) is 12.3. The fourth-order valence-corrected chi connectivity index (χ4v) is 2.08. The Morgan fingerprint density at radius 3 is 2.16 bits per heavy atom. The van der Waals surface area contributed by atoms with E-state index in [1.807, 2.05) is 54.6 Å². The Bertz CT molecular complexity index is 845. The number of benzene rings is 2.